The van der Waals surface area contributed by atoms with Crippen molar-refractivity contribution in [1.29, 1.82) is 0 Å². The topological polar surface area (TPSA) is 55.1 Å². The lowest BCUT2D eigenvalue weighted by atomic mass is 10.0. The van der Waals surface area contributed by atoms with Gasteiger partial charge in [-0.3, -0.25) is 4.79 Å². The Bertz CT molecular complexity index is 428. The van der Waals surface area contributed by atoms with E-state index in [1.54, 1.807) is 0 Å². The lowest BCUT2D eigenvalue weighted by molar-refractivity contribution is -0.125. The second-order valence-electron chi connectivity index (χ2n) is 4.87. The van der Waals surface area contributed by atoms with Gasteiger partial charge in [-0.2, -0.15) is 0 Å². The van der Waals surface area contributed by atoms with Gasteiger partial charge < -0.3 is 11.1 Å². The first kappa shape index (κ1) is 12.0. The van der Waals surface area contributed by atoms with E-state index in [0.717, 1.165) is 24.9 Å². The van der Waals surface area contributed by atoms with Gasteiger partial charge in [0.2, 0.25) is 5.91 Å². The number of aryl methyl sites for hydroxylation is 1. The number of hydrogen-bond acceptors (Lipinski definition) is 2. The third-order valence-corrected chi connectivity index (χ3v) is 3.62. The molecule has 1 amide bonds. The summed E-state index contributed by atoms with van der Waals surface area (Å²) in [6.07, 6.45) is 2.87. The Labute approximate surface area is 102 Å². The van der Waals surface area contributed by atoms with Crippen LogP contribution in [0.15, 0.2) is 18.2 Å². The highest BCUT2D eigenvalue weighted by Crippen LogP contribution is 2.32. The summed E-state index contributed by atoms with van der Waals surface area (Å²) in [7, 11) is 0. The van der Waals surface area contributed by atoms with Crippen molar-refractivity contribution in [2.75, 3.05) is 5.73 Å². The van der Waals surface area contributed by atoms with Crippen molar-refractivity contribution >= 4 is 11.6 Å². The Morgan fingerprint density at radius 3 is 3.06 bits per heavy atom. The molecule has 17 heavy (non-hydrogen) atoms. The van der Waals surface area contributed by atoms with Gasteiger partial charge in [0.15, 0.2) is 0 Å². The van der Waals surface area contributed by atoms with Gasteiger partial charge in [0, 0.05) is 11.6 Å². The van der Waals surface area contributed by atoms with E-state index in [1.807, 2.05) is 32.0 Å². The largest absolute Gasteiger partial charge is 0.399 e. The molecule has 3 heteroatoms. The first-order valence-corrected chi connectivity index (χ1v) is 6.30. The minimum Gasteiger partial charge on any atom is -0.399 e. The number of nitrogen functional groups attached to an aromatic ring is 1. The molecule has 0 bridgehead atoms. The molecule has 92 valence electrons. The molecular weight excluding hydrogens is 212 g/mol. The molecular formula is C14H20N2O. The number of nitrogens with one attached hydrogen (secondary N) is 1. The van der Waals surface area contributed by atoms with Gasteiger partial charge in [-0.05, 0) is 42.5 Å². The molecule has 2 rings (SSSR count). The fraction of sp³-hybridized carbons (Fsp3) is 0.500. The monoisotopic (exact) mass is 232 g/mol. The van der Waals surface area contributed by atoms with Crippen molar-refractivity contribution in [2.45, 2.75) is 39.2 Å². The van der Waals surface area contributed by atoms with Crippen LogP contribution in [0, 0.1) is 5.92 Å². The highest BCUT2D eigenvalue weighted by Gasteiger charge is 2.25. The number of carbonyl (C=O) groups excluding carboxylic acids is 1. The van der Waals surface area contributed by atoms with E-state index in [2.05, 4.69) is 5.32 Å². The molecule has 0 aliphatic heterocycles. The van der Waals surface area contributed by atoms with Crippen LogP contribution in [-0.4, -0.2) is 5.91 Å². The van der Waals surface area contributed by atoms with Crippen molar-refractivity contribution in [3.05, 3.63) is 29.3 Å². The summed E-state index contributed by atoms with van der Waals surface area (Å²) in [5.74, 6) is 0.245. The molecule has 1 aliphatic carbocycles. The van der Waals surface area contributed by atoms with Gasteiger partial charge in [-0.25, -0.2) is 0 Å². The maximum atomic E-state index is 11.9. The summed E-state index contributed by atoms with van der Waals surface area (Å²) in [6.45, 7) is 4.00. The van der Waals surface area contributed by atoms with Crippen LogP contribution in [0.3, 0.4) is 0 Å². The van der Waals surface area contributed by atoms with Gasteiger partial charge in [0.25, 0.3) is 0 Å². The number of nitrogens with two attached hydrogens (primary N) is 1. The van der Waals surface area contributed by atoms with Crippen LogP contribution < -0.4 is 11.1 Å². The molecule has 1 aliphatic rings. The molecule has 2 atom stereocenters. The molecule has 0 fully saturated rings. The number of carbonyl (C=O) groups is 1. The molecule has 0 radical (unpaired) electrons. The third kappa shape index (κ3) is 2.43. The van der Waals surface area contributed by atoms with Crippen molar-refractivity contribution in [3.8, 4) is 0 Å². The molecule has 2 unspecified atom stereocenters. The van der Waals surface area contributed by atoms with Crippen molar-refractivity contribution in [1.82, 2.24) is 5.32 Å². The lowest BCUT2D eigenvalue weighted by Gasteiger charge is -2.17. The Morgan fingerprint density at radius 2 is 2.35 bits per heavy atom. The zero-order valence-corrected chi connectivity index (χ0v) is 10.5. The molecule has 0 spiro atoms. The minimum atomic E-state index is 0.0906. The maximum absolute atomic E-state index is 11.9. The second-order valence-corrected chi connectivity index (χ2v) is 4.87. The van der Waals surface area contributed by atoms with Gasteiger partial charge >= 0.3 is 0 Å². The average molecular weight is 232 g/mol. The summed E-state index contributed by atoms with van der Waals surface area (Å²) < 4.78 is 0. The van der Waals surface area contributed by atoms with Gasteiger partial charge in [0.05, 0.1) is 6.04 Å². The van der Waals surface area contributed by atoms with E-state index in [9.17, 15) is 4.79 Å². The standard InChI is InChI=1S/C14H20N2O/c1-3-9(2)14(17)16-13-7-4-10-8-11(15)5-6-12(10)13/h5-6,8-9,13H,3-4,7,15H2,1-2H3,(H,16,17). The summed E-state index contributed by atoms with van der Waals surface area (Å²) in [4.78, 5) is 11.9. The van der Waals surface area contributed by atoms with E-state index in [1.165, 1.54) is 11.1 Å². The molecule has 1 aromatic carbocycles. The van der Waals surface area contributed by atoms with Crippen LogP contribution in [0.5, 0.6) is 0 Å². The molecule has 0 aromatic heterocycles. The Balaban J connectivity index is 2.10. The number of fused-ring (bicyclic) bond motifs is 1. The van der Waals surface area contributed by atoms with Crippen LogP contribution >= 0.6 is 0 Å². The first-order chi connectivity index (χ1) is 8.11. The maximum Gasteiger partial charge on any atom is 0.223 e. The summed E-state index contributed by atoms with van der Waals surface area (Å²) >= 11 is 0. The first-order valence-electron chi connectivity index (χ1n) is 6.30. The number of hydrogen-bond donors (Lipinski definition) is 2. The van der Waals surface area contributed by atoms with Crippen LogP contribution in [-0.2, 0) is 11.2 Å². The molecule has 3 N–H and O–H groups in total. The predicted molar refractivity (Wildman–Crippen MR) is 69.5 cm³/mol. The Morgan fingerprint density at radius 1 is 1.59 bits per heavy atom. The minimum absolute atomic E-state index is 0.0906. The number of benzene rings is 1. The quantitative estimate of drug-likeness (QED) is 0.786. The van der Waals surface area contributed by atoms with Crippen molar-refractivity contribution < 1.29 is 4.79 Å². The highest BCUT2D eigenvalue weighted by atomic mass is 16.1. The highest BCUT2D eigenvalue weighted by molar-refractivity contribution is 5.78. The van der Waals surface area contributed by atoms with Crippen LogP contribution in [0.2, 0.25) is 0 Å². The van der Waals surface area contributed by atoms with Crippen LogP contribution in [0.25, 0.3) is 0 Å². The van der Waals surface area contributed by atoms with Crippen molar-refractivity contribution in [3.63, 3.8) is 0 Å². The fourth-order valence-corrected chi connectivity index (χ4v) is 2.29. The van der Waals surface area contributed by atoms with Crippen LogP contribution in [0.1, 0.15) is 43.9 Å². The summed E-state index contributed by atoms with van der Waals surface area (Å²) in [5.41, 5.74) is 9.07. The lowest BCUT2D eigenvalue weighted by Crippen LogP contribution is -2.31. The van der Waals surface area contributed by atoms with E-state index in [0.29, 0.717) is 0 Å². The number of amides is 1. The molecule has 0 saturated carbocycles. The normalized spacial score (nSPS) is 19.8. The summed E-state index contributed by atoms with van der Waals surface area (Å²) in [6, 6.07) is 6.14. The molecule has 1 aromatic rings. The van der Waals surface area contributed by atoms with E-state index in [4.69, 9.17) is 5.73 Å². The predicted octanol–water partition coefficient (Wildman–Crippen LogP) is 2.42. The molecule has 0 heterocycles. The van der Waals surface area contributed by atoms with E-state index < -0.39 is 0 Å². The Kier molecular flexibility index (Phi) is 3.36. The fourth-order valence-electron chi connectivity index (χ4n) is 2.29. The SMILES string of the molecule is CCC(C)C(=O)NC1CCc2cc(N)ccc21. The number of rotatable bonds is 3. The smallest absolute Gasteiger partial charge is 0.223 e. The number of anilines is 1. The van der Waals surface area contributed by atoms with E-state index >= 15 is 0 Å². The van der Waals surface area contributed by atoms with Gasteiger partial charge in [-0.1, -0.05) is 19.9 Å². The second kappa shape index (κ2) is 4.78. The molecule has 0 saturated heterocycles. The van der Waals surface area contributed by atoms with Gasteiger partial charge in [0.1, 0.15) is 0 Å². The van der Waals surface area contributed by atoms with Crippen LogP contribution in [0.4, 0.5) is 5.69 Å². The van der Waals surface area contributed by atoms with E-state index in [-0.39, 0.29) is 17.9 Å². The Hall–Kier alpha value is -1.51. The average Bonchev–Trinajstić information content (AvgIpc) is 2.70. The van der Waals surface area contributed by atoms with Crippen molar-refractivity contribution in [2.24, 2.45) is 5.92 Å². The zero-order valence-electron chi connectivity index (χ0n) is 10.5. The third-order valence-electron chi connectivity index (χ3n) is 3.62. The molecule has 3 nitrogen and oxygen atoms in total. The summed E-state index contributed by atoms with van der Waals surface area (Å²) in [5, 5.41) is 3.13. The zero-order chi connectivity index (χ0) is 12.4. The van der Waals surface area contributed by atoms with Gasteiger partial charge in [-0.15, -0.1) is 0 Å².